The second-order valence-corrected chi connectivity index (χ2v) is 2.52. The first kappa shape index (κ1) is 13.1. The molecular weight excluding hydrogens is 214 g/mol. The highest BCUT2D eigenvalue weighted by atomic mass is 19.4. The number of halogens is 6. The average Bonchev–Trinajstić information content (AvgIpc) is 1.95. The smallest absolute Gasteiger partial charge is 0.345 e. The molecule has 0 spiro atoms. The molecule has 0 aliphatic heterocycles. The van der Waals surface area contributed by atoms with Gasteiger partial charge in [-0.2, -0.15) is 26.3 Å². The van der Waals surface area contributed by atoms with Gasteiger partial charge in [-0.1, -0.05) is 5.92 Å². The van der Waals surface area contributed by atoms with E-state index >= 15 is 0 Å². The predicted octanol–water partition coefficient (Wildman–Crippen LogP) is 2.52. The van der Waals surface area contributed by atoms with Crippen molar-refractivity contribution in [1.29, 1.82) is 0 Å². The van der Waals surface area contributed by atoms with Crippen LogP contribution in [0.4, 0.5) is 26.3 Å². The minimum Gasteiger partial charge on any atom is -0.345 e. The average molecular weight is 220 g/mol. The Balaban J connectivity index is 4.99. The fourth-order valence-electron chi connectivity index (χ4n) is 0.510. The van der Waals surface area contributed by atoms with Crippen LogP contribution in [-0.4, -0.2) is 24.6 Å². The van der Waals surface area contributed by atoms with Gasteiger partial charge in [0.1, 0.15) is 6.61 Å². The van der Waals surface area contributed by atoms with Crippen LogP contribution in [0, 0.1) is 12.3 Å². The lowest BCUT2D eigenvalue weighted by Crippen LogP contribution is -2.56. The lowest BCUT2D eigenvalue weighted by atomic mass is 10.1. The van der Waals surface area contributed by atoms with Crippen LogP contribution in [0.2, 0.25) is 0 Å². The van der Waals surface area contributed by atoms with E-state index in [0.717, 1.165) is 0 Å². The van der Waals surface area contributed by atoms with Crippen molar-refractivity contribution in [3.8, 4) is 12.3 Å². The summed E-state index contributed by atoms with van der Waals surface area (Å²) in [5.41, 5.74) is -4.22. The fourth-order valence-corrected chi connectivity index (χ4v) is 0.510. The quantitative estimate of drug-likeness (QED) is 0.513. The highest BCUT2D eigenvalue weighted by Gasteiger charge is 2.69. The summed E-state index contributed by atoms with van der Waals surface area (Å²) < 4.78 is 75.7. The summed E-state index contributed by atoms with van der Waals surface area (Å²) in [6.07, 6.45) is -6.59. The maximum absolute atomic E-state index is 12.0. The van der Waals surface area contributed by atoms with E-state index in [1.54, 1.807) is 5.92 Å². The van der Waals surface area contributed by atoms with Gasteiger partial charge in [0.05, 0.1) is 0 Å². The zero-order chi connectivity index (χ0) is 11.6. The Morgan fingerprint density at radius 3 is 1.64 bits per heavy atom. The summed E-state index contributed by atoms with van der Waals surface area (Å²) >= 11 is 0. The zero-order valence-corrected chi connectivity index (χ0v) is 6.96. The van der Waals surface area contributed by atoms with Crippen molar-refractivity contribution in [2.45, 2.75) is 24.9 Å². The molecule has 0 bridgehead atoms. The van der Waals surface area contributed by atoms with E-state index in [-0.39, 0.29) is 6.92 Å². The van der Waals surface area contributed by atoms with Crippen LogP contribution in [-0.2, 0) is 4.74 Å². The van der Waals surface area contributed by atoms with E-state index in [4.69, 9.17) is 0 Å². The maximum atomic E-state index is 12.0. The number of terminal acetylenes is 1. The summed E-state index contributed by atoms with van der Waals surface area (Å²) in [5, 5.41) is 0. The third-order valence-corrected chi connectivity index (χ3v) is 1.53. The molecule has 0 N–H and O–H groups in total. The van der Waals surface area contributed by atoms with Crippen LogP contribution in [0.25, 0.3) is 0 Å². The van der Waals surface area contributed by atoms with Gasteiger partial charge >= 0.3 is 12.4 Å². The largest absolute Gasteiger partial charge is 0.426 e. The molecule has 0 amide bonds. The molecule has 0 aliphatic carbocycles. The maximum Gasteiger partial charge on any atom is 0.426 e. The predicted molar refractivity (Wildman–Crippen MR) is 35.3 cm³/mol. The lowest BCUT2D eigenvalue weighted by molar-refractivity contribution is -0.371. The molecule has 0 saturated carbocycles. The Labute approximate surface area is 76.0 Å². The van der Waals surface area contributed by atoms with E-state index in [0.29, 0.717) is 0 Å². The Hall–Kier alpha value is -0.900. The molecule has 0 unspecified atom stereocenters. The normalized spacial score (nSPS) is 13.9. The van der Waals surface area contributed by atoms with Crippen LogP contribution >= 0.6 is 0 Å². The summed E-state index contributed by atoms with van der Waals surface area (Å²) in [6, 6.07) is 0. The second kappa shape index (κ2) is 3.69. The van der Waals surface area contributed by atoms with E-state index < -0.39 is 24.6 Å². The van der Waals surface area contributed by atoms with Crippen LogP contribution in [0.5, 0.6) is 0 Å². The Morgan fingerprint density at radius 1 is 1.07 bits per heavy atom. The monoisotopic (exact) mass is 220 g/mol. The molecule has 7 heteroatoms. The minimum atomic E-state index is -5.55. The molecule has 0 aromatic heterocycles. The van der Waals surface area contributed by atoms with Crippen molar-refractivity contribution in [2.24, 2.45) is 0 Å². The summed E-state index contributed by atoms with van der Waals surface area (Å²) in [4.78, 5) is 0. The van der Waals surface area contributed by atoms with Crippen molar-refractivity contribution in [3.05, 3.63) is 0 Å². The van der Waals surface area contributed by atoms with E-state index in [9.17, 15) is 26.3 Å². The summed E-state index contributed by atoms with van der Waals surface area (Å²) in [6.45, 7) is -1.17. The summed E-state index contributed by atoms with van der Waals surface area (Å²) in [5.74, 6) is 1.55. The molecular formula is C7H6F6O. The first-order valence-electron chi connectivity index (χ1n) is 3.27. The van der Waals surface area contributed by atoms with Crippen LogP contribution in [0.3, 0.4) is 0 Å². The van der Waals surface area contributed by atoms with Crippen molar-refractivity contribution in [2.75, 3.05) is 6.61 Å². The van der Waals surface area contributed by atoms with Gasteiger partial charge in [0.25, 0.3) is 5.60 Å². The fraction of sp³-hybridized carbons (Fsp3) is 0.714. The summed E-state index contributed by atoms with van der Waals surface area (Å²) in [7, 11) is 0. The first-order chi connectivity index (χ1) is 6.06. The highest BCUT2D eigenvalue weighted by molar-refractivity contribution is 4.94. The van der Waals surface area contributed by atoms with Gasteiger partial charge in [-0.3, -0.25) is 0 Å². The Kier molecular flexibility index (Phi) is 3.45. The molecule has 0 aromatic carbocycles. The Bertz CT molecular complexity index is 218. The first-order valence-corrected chi connectivity index (χ1v) is 3.27. The standard InChI is InChI=1S/C7H6F6O/c1-3-4-14-5(2,6(8,9)10)7(11,12)13/h1H,4H2,2H3. The van der Waals surface area contributed by atoms with Crippen molar-refractivity contribution < 1.29 is 31.1 Å². The number of rotatable bonds is 2. The zero-order valence-electron chi connectivity index (χ0n) is 6.96. The molecule has 0 aromatic rings. The molecule has 14 heavy (non-hydrogen) atoms. The highest BCUT2D eigenvalue weighted by Crippen LogP contribution is 2.45. The molecule has 1 nitrogen and oxygen atoms in total. The van der Waals surface area contributed by atoms with Crippen LogP contribution in [0.15, 0.2) is 0 Å². The molecule has 0 saturated heterocycles. The molecule has 0 heterocycles. The van der Waals surface area contributed by atoms with E-state index in [1.807, 2.05) is 0 Å². The van der Waals surface area contributed by atoms with Gasteiger partial charge in [0.15, 0.2) is 0 Å². The van der Waals surface area contributed by atoms with Crippen molar-refractivity contribution >= 4 is 0 Å². The number of alkyl halides is 6. The van der Waals surface area contributed by atoms with Crippen molar-refractivity contribution in [3.63, 3.8) is 0 Å². The molecule has 0 aliphatic rings. The lowest BCUT2D eigenvalue weighted by Gasteiger charge is -2.32. The third-order valence-electron chi connectivity index (χ3n) is 1.53. The van der Waals surface area contributed by atoms with Crippen LogP contribution < -0.4 is 0 Å². The van der Waals surface area contributed by atoms with Gasteiger partial charge in [0, 0.05) is 0 Å². The second-order valence-electron chi connectivity index (χ2n) is 2.52. The van der Waals surface area contributed by atoms with Crippen molar-refractivity contribution in [1.82, 2.24) is 0 Å². The molecule has 82 valence electrons. The topological polar surface area (TPSA) is 9.23 Å². The van der Waals surface area contributed by atoms with Crippen LogP contribution in [0.1, 0.15) is 6.92 Å². The third kappa shape index (κ3) is 2.32. The van der Waals surface area contributed by atoms with Gasteiger partial charge in [-0.25, -0.2) is 0 Å². The number of hydrogen-bond acceptors (Lipinski definition) is 1. The molecule has 0 fully saturated rings. The number of ether oxygens (including phenoxy) is 1. The Morgan fingerprint density at radius 2 is 1.43 bits per heavy atom. The minimum absolute atomic E-state index is 0.107. The molecule has 0 radical (unpaired) electrons. The van der Waals surface area contributed by atoms with E-state index in [2.05, 4.69) is 11.2 Å². The molecule has 0 rings (SSSR count). The van der Waals surface area contributed by atoms with Gasteiger partial charge < -0.3 is 4.74 Å². The molecule has 0 atom stereocenters. The van der Waals surface area contributed by atoms with Gasteiger partial charge in [-0.15, -0.1) is 6.42 Å². The SMILES string of the molecule is C#CCOC(C)(C(F)(F)F)C(F)(F)F. The van der Waals surface area contributed by atoms with Gasteiger partial charge in [-0.05, 0) is 6.92 Å². The van der Waals surface area contributed by atoms with Gasteiger partial charge in [0.2, 0.25) is 0 Å². The number of hydrogen-bond donors (Lipinski definition) is 0. The van der Waals surface area contributed by atoms with E-state index in [1.165, 1.54) is 0 Å².